The summed E-state index contributed by atoms with van der Waals surface area (Å²) in [6.07, 6.45) is 8.06. The number of nitrogens with zero attached hydrogens (tertiary/aromatic N) is 2. The number of amides is 4. The first-order valence-electron chi connectivity index (χ1n) is 19.5. The topological polar surface area (TPSA) is 195 Å². The van der Waals surface area contributed by atoms with E-state index in [-0.39, 0.29) is 73.6 Å². The lowest BCUT2D eigenvalue weighted by Crippen LogP contribution is -2.38. The fourth-order valence-electron chi connectivity index (χ4n) is 6.71. The zero-order valence-corrected chi connectivity index (χ0v) is 34.3. The smallest absolute Gasteiger partial charge is 0.411 e. The van der Waals surface area contributed by atoms with Gasteiger partial charge in [0.15, 0.2) is 23.0 Å². The zero-order valence-electron chi connectivity index (χ0n) is 34.3. The Kier molecular flexibility index (Phi) is 17.7. The third kappa shape index (κ3) is 12.0. The molecule has 0 aromatic heterocycles. The lowest BCUT2D eigenvalue weighted by molar-refractivity contribution is 0.0674. The van der Waals surface area contributed by atoms with Gasteiger partial charge in [0.05, 0.1) is 75.2 Å². The largest absolute Gasteiger partial charge is 0.493 e. The maximum Gasteiger partial charge on any atom is 0.411 e. The molecule has 0 saturated carbocycles. The summed E-state index contributed by atoms with van der Waals surface area (Å²) >= 11 is 0. The van der Waals surface area contributed by atoms with Crippen molar-refractivity contribution < 1.29 is 57.8 Å². The standard InChI is InChI=1S/C43H56N4O12/c1-7-14-58-42(52)44-34-22-38(36(54-5)20-32(34)40(50)46-24-28(9-3)18-30(46)26-48)56-16-12-11-13-17-57-39-23-35(45-43(53)59-15-8-2)33(21-37(39)55-6)41(51)47-25-29(10-4)19-31(47)27-49/h7-10,20-23,30-31,48-49H,1-2,11-19,24-27H2,3-6H3,(H,44,52)(H,45,53)/b28-9-,29-10-/t30-,31-/m0/s1. The van der Waals surface area contributed by atoms with E-state index >= 15 is 0 Å². The van der Waals surface area contributed by atoms with Gasteiger partial charge in [-0.3, -0.25) is 20.2 Å². The van der Waals surface area contributed by atoms with E-state index < -0.39 is 36.1 Å². The normalized spacial score (nSPS) is 17.4. The van der Waals surface area contributed by atoms with Crippen molar-refractivity contribution in [2.24, 2.45) is 0 Å². The van der Waals surface area contributed by atoms with Gasteiger partial charge in [-0.1, -0.05) is 48.6 Å². The fraction of sp³-hybridized carbons (Fsp3) is 0.442. The Balaban J connectivity index is 1.44. The third-order valence-corrected chi connectivity index (χ3v) is 9.89. The van der Waals surface area contributed by atoms with Crippen LogP contribution in [-0.2, 0) is 9.47 Å². The predicted molar refractivity (Wildman–Crippen MR) is 222 cm³/mol. The first-order valence-corrected chi connectivity index (χ1v) is 19.5. The molecule has 2 aromatic rings. The number of rotatable bonds is 20. The molecule has 16 nitrogen and oxygen atoms in total. The lowest BCUT2D eigenvalue weighted by atomic mass is 10.1. The zero-order chi connectivity index (χ0) is 42.9. The van der Waals surface area contributed by atoms with Crippen LogP contribution in [0.3, 0.4) is 0 Å². The molecule has 2 aliphatic heterocycles. The van der Waals surface area contributed by atoms with Gasteiger partial charge in [-0.05, 0) is 58.1 Å². The number of allylic oxidation sites excluding steroid dienone is 2. The highest BCUT2D eigenvalue weighted by Crippen LogP contribution is 2.38. The molecule has 4 amide bonds. The molecule has 0 spiro atoms. The predicted octanol–water partition coefficient (Wildman–Crippen LogP) is 6.11. The summed E-state index contributed by atoms with van der Waals surface area (Å²) < 4.78 is 33.6. The van der Waals surface area contributed by atoms with Crippen molar-refractivity contribution in [1.82, 2.24) is 9.80 Å². The minimum atomic E-state index is -0.789. The van der Waals surface area contributed by atoms with E-state index in [9.17, 15) is 29.4 Å². The average Bonchev–Trinajstić information content (AvgIpc) is 3.88. The van der Waals surface area contributed by atoms with Crippen molar-refractivity contribution in [1.29, 1.82) is 0 Å². The van der Waals surface area contributed by atoms with Crippen LogP contribution in [0.1, 0.15) is 66.7 Å². The van der Waals surface area contributed by atoms with E-state index in [0.717, 1.165) is 11.1 Å². The van der Waals surface area contributed by atoms with Gasteiger partial charge in [0.1, 0.15) is 13.2 Å². The Morgan fingerprint density at radius 3 is 1.42 bits per heavy atom. The van der Waals surface area contributed by atoms with E-state index in [1.54, 1.807) is 9.80 Å². The molecule has 0 aliphatic carbocycles. The molecule has 2 saturated heterocycles. The van der Waals surface area contributed by atoms with Crippen molar-refractivity contribution in [2.75, 3.05) is 77.6 Å². The molecule has 2 aliphatic rings. The number of carbonyl (C=O) groups excluding carboxylic acids is 4. The quantitative estimate of drug-likeness (QED) is 0.0886. The highest BCUT2D eigenvalue weighted by Gasteiger charge is 2.35. The van der Waals surface area contributed by atoms with Gasteiger partial charge in [-0.25, -0.2) is 9.59 Å². The monoisotopic (exact) mass is 820 g/mol. The molecule has 0 radical (unpaired) electrons. The van der Waals surface area contributed by atoms with Crippen LogP contribution in [0.5, 0.6) is 23.0 Å². The molecular formula is C43H56N4O12. The number of benzene rings is 2. The van der Waals surface area contributed by atoms with E-state index in [1.165, 1.54) is 50.6 Å². The van der Waals surface area contributed by atoms with E-state index in [1.807, 2.05) is 26.0 Å². The first-order chi connectivity index (χ1) is 28.5. The first kappa shape index (κ1) is 45.7. The molecule has 16 heteroatoms. The van der Waals surface area contributed by atoms with E-state index in [4.69, 9.17) is 28.4 Å². The number of hydrogen-bond donors (Lipinski definition) is 4. The number of aliphatic hydroxyl groups is 2. The summed E-state index contributed by atoms with van der Waals surface area (Å²) in [5, 5.41) is 25.3. The van der Waals surface area contributed by atoms with Gasteiger partial charge in [-0.2, -0.15) is 0 Å². The SMILES string of the molecule is C=CCOC(=O)Nc1cc(OCCCCCOc2cc(NC(=O)OCC=C)c(C(=O)N3C/C(=C\C)C[C@H]3CO)cc2OC)c(OC)cc1C(=O)N1C/C(=C\C)C[C@H]1CO. The van der Waals surface area contributed by atoms with Gasteiger partial charge in [0.25, 0.3) is 11.8 Å². The second-order valence-electron chi connectivity index (χ2n) is 13.7. The van der Waals surface area contributed by atoms with Crippen LogP contribution in [0.2, 0.25) is 0 Å². The van der Waals surface area contributed by atoms with Crippen LogP contribution < -0.4 is 29.6 Å². The number of aliphatic hydroxyl groups excluding tert-OH is 2. The summed E-state index contributed by atoms with van der Waals surface area (Å²) in [4.78, 5) is 56.0. The van der Waals surface area contributed by atoms with Gasteiger partial charge in [-0.15, -0.1) is 0 Å². The van der Waals surface area contributed by atoms with Crippen LogP contribution in [-0.4, -0.2) is 123 Å². The number of carbonyl (C=O) groups is 4. The third-order valence-electron chi connectivity index (χ3n) is 9.89. The van der Waals surface area contributed by atoms with Crippen molar-refractivity contribution in [3.05, 3.63) is 84.0 Å². The Labute approximate surface area is 345 Å². The second-order valence-corrected chi connectivity index (χ2v) is 13.7. The molecule has 4 N–H and O–H groups in total. The molecule has 4 rings (SSSR count). The molecular weight excluding hydrogens is 764 g/mol. The van der Waals surface area contributed by atoms with Gasteiger partial charge >= 0.3 is 12.2 Å². The molecule has 2 aromatic carbocycles. The Morgan fingerprint density at radius 1 is 0.678 bits per heavy atom. The number of likely N-dealkylation sites (tertiary alicyclic amines) is 2. The summed E-state index contributed by atoms with van der Waals surface area (Å²) in [5.41, 5.74) is 2.62. The minimum Gasteiger partial charge on any atom is -0.493 e. The van der Waals surface area contributed by atoms with Crippen LogP contribution in [0.15, 0.2) is 72.9 Å². The molecule has 2 atom stereocenters. The number of ether oxygens (including phenoxy) is 6. The number of hydrogen-bond acceptors (Lipinski definition) is 12. The molecule has 0 unspecified atom stereocenters. The molecule has 0 bridgehead atoms. The van der Waals surface area contributed by atoms with E-state index in [0.29, 0.717) is 56.7 Å². The summed E-state index contributed by atoms with van der Waals surface area (Å²) in [5.74, 6) is 0.338. The Bertz CT molecular complexity index is 1760. The average molecular weight is 821 g/mol. The molecule has 2 heterocycles. The van der Waals surface area contributed by atoms with Crippen molar-refractivity contribution in [3.63, 3.8) is 0 Å². The maximum absolute atomic E-state index is 13.8. The van der Waals surface area contributed by atoms with Gasteiger partial charge in [0, 0.05) is 25.2 Å². The van der Waals surface area contributed by atoms with Crippen molar-refractivity contribution in [2.45, 2.75) is 58.0 Å². The van der Waals surface area contributed by atoms with Gasteiger partial charge in [0.2, 0.25) is 0 Å². The van der Waals surface area contributed by atoms with Gasteiger partial charge < -0.3 is 48.4 Å². The minimum absolute atomic E-state index is 0.0371. The Hall–Kier alpha value is -6.00. The summed E-state index contributed by atoms with van der Waals surface area (Å²) in [6.45, 7) is 11.6. The Morgan fingerprint density at radius 2 is 1.08 bits per heavy atom. The lowest BCUT2D eigenvalue weighted by Gasteiger charge is -2.25. The summed E-state index contributed by atoms with van der Waals surface area (Å²) in [6, 6.07) is 5.19. The number of methoxy groups -OCH3 is 2. The molecule has 59 heavy (non-hydrogen) atoms. The number of anilines is 2. The highest BCUT2D eigenvalue weighted by molar-refractivity contribution is 6.05. The van der Waals surface area contributed by atoms with E-state index in [2.05, 4.69) is 23.8 Å². The van der Waals surface area contributed by atoms with Crippen LogP contribution >= 0.6 is 0 Å². The van der Waals surface area contributed by atoms with Crippen LogP contribution in [0.4, 0.5) is 21.0 Å². The maximum atomic E-state index is 13.8. The van der Waals surface area contributed by atoms with Crippen LogP contribution in [0.25, 0.3) is 0 Å². The van der Waals surface area contributed by atoms with Crippen molar-refractivity contribution >= 4 is 35.4 Å². The number of nitrogens with one attached hydrogen (secondary N) is 2. The molecule has 2 fully saturated rings. The summed E-state index contributed by atoms with van der Waals surface area (Å²) in [7, 11) is 2.90. The molecule has 320 valence electrons. The fourth-order valence-corrected chi connectivity index (χ4v) is 6.71. The number of unbranched alkanes of at least 4 members (excludes halogenated alkanes) is 2. The van der Waals surface area contributed by atoms with Crippen molar-refractivity contribution in [3.8, 4) is 23.0 Å². The highest BCUT2D eigenvalue weighted by atomic mass is 16.6. The van der Waals surface area contributed by atoms with Crippen LogP contribution in [0, 0.1) is 0 Å². The second kappa shape index (κ2) is 22.8.